The van der Waals surface area contributed by atoms with Crippen LogP contribution in [0.15, 0.2) is 41.4 Å². The van der Waals surface area contributed by atoms with E-state index in [0.29, 0.717) is 11.7 Å². The van der Waals surface area contributed by atoms with Gasteiger partial charge < -0.3 is 15.7 Å². The van der Waals surface area contributed by atoms with Crippen LogP contribution in [0.2, 0.25) is 0 Å². The Bertz CT molecular complexity index is 587. The van der Waals surface area contributed by atoms with E-state index in [9.17, 15) is 14.7 Å². The number of thioether (sulfide) groups is 1. The first kappa shape index (κ1) is 16.3. The molecule has 0 saturated heterocycles. The number of amidine groups is 1. The molecule has 1 aromatic carbocycles. The summed E-state index contributed by atoms with van der Waals surface area (Å²) in [5.41, 5.74) is 0.874. The molecule has 22 heavy (non-hydrogen) atoms. The Hall–Kier alpha value is -2.12. The summed E-state index contributed by atoms with van der Waals surface area (Å²) in [6.07, 6.45) is 2.96. The van der Waals surface area contributed by atoms with Crippen molar-refractivity contribution < 1.29 is 14.7 Å². The molecule has 1 aliphatic rings. The van der Waals surface area contributed by atoms with Gasteiger partial charge in [-0.25, -0.2) is 0 Å². The number of aliphatic hydroxyl groups is 1. The van der Waals surface area contributed by atoms with Crippen molar-refractivity contribution in [2.24, 2.45) is 4.99 Å². The molecular weight excluding hydrogens is 302 g/mol. The van der Waals surface area contributed by atoms with Crippen molar-refractivity contribution in [2.45, 2.75) is 6.04 Å². The molecule has 1 aromatic rings. The molecular formula is C15H17N3O3S. The van der Waals surface area contributed by atoms with Crippen molar-refractivity contribution in [3.8, 4) is 0 Å². The average Bonchev–Trinajstić information content (AvgIpc) is 3.04. The van der Waals surface area contributed by atoms with E-state index in [-0.39, 0.29) is 0 Å². The highest BCUT2D eigenvalue weighted by atomic mass is 32.2. The van der Waals surface area contributed by atoms with E-state index in [1.54, 1.807) is 6.08 Å². The van der Waals surface area contributed by atoms with Gasteiger partial charge in [0.15, 0.2) is 5.17 Å². The number of aliphatic imine (C=N–C) groups is 1. The van der Waals surface area contributed by atoms with Crippen LogP contribution in [0.5, 0.6) is 0 Å². The van der Waals surface area contributed by atoms with Crippen LogP contribution in [0.25, 0.3) is 6.08 Å². The topological polar surface area (TPSA) is 90.8 Å². The van der Waals surface area contributed by atoms with E-state index >= 15 is 0 Å². The predicted molar refractivity (Wildman–Crippen MR) is 87.4 cm³/mol. The molecule has 6 nitrogen and oxygen atoms in total. The van der Waals surface area contributed by atoms with Crippen molar-refractivity contribution in [3.63, 3.8) is 0 Å². The van der Waals surface area contributed by atoms with Crippen molar-refractivity contribution >= 4 is 34.8 Å². The average molecular weight is 319 g/mol. The summed E-state index contributed by atoms with van der Waals surface area (Å²) in [5.74, 6) is -0.0952. The molecule has 1 aliphatic heterocycles. The number of hydrogen-bond acceptors (Lipinski definition) is 5. The molecule has 2 rings (SSSR count). The van der Waals surface area contributed by atoms with Gasteiger partial charge in [-0.3, -0.25) is 14.6 Å². The van der Waals surface area contributed by atoms with Gasteiger partial charge in [0.25, 0.3) is 5.91 Å². The number of nitrogens with zero attached hydrogens (tertiary/aromatic N) is 1. The van der Waals surface area contributed by atoms with Crippen LogP contribution in [-0.2, 0) is 9.59 Å². The third kappa shape index (κ3) is 5.01. The minimum Gasteiger partial charge on any atom is -0.394 e. The van der Waals surface area contributed by atoms with Crippen LogP contribution in [0.1, 0.15) is 5.56 Å². The number of carbonyl (C=O) groups excluding carboxylic acids is 2. The highest BCUT2D eigenvalue weighted by Crippen LogP contribution is 2.08. The lowest BCUT2D eigenvalue weighted by Crippen LogP contribution is -2.49. The SMILES string of the molecule is O=C(C=Cc1ccccc1)NC(CO)C(=O)NC1=NCCS1. The van der Waals surface area contributed by atoms with E-state index in [1.165, 1.54) is 17.8 Å². The van der Waals surface area contributed by atoms with E-state index in [4.69, 9.17) is 0 Å². The Morgan fingerprint density at radius 2 is 2.14 bits per heavy atom. The second kappa shape index (κ2) is 8.35. The summed E-state index contributed by atoms with van der Waals surface area (Å²) in [5, 5.41) is 14.8. The fourth-order valence-corrected chi connectivity index (χ4v) is 2.48. The summed E-state index contributed by atoms with van der Waals surface area (Å²) < 4.78 is 0. The molecule has 1 atom stereocenters. The lowest BCUT2D eigenvalue weighted by atomic mass is 10.2. The smallest absolute Gasteiger partial charge is 0.250 e. The van der Waals surface area contributed by atoms with Crippen LogP contribution in [0, 0.1) is 0 Å². The van der Waals surface area contributed by atoms with Gasteiger partial charge in [-0.1, -0.05) is 42.1 Å². The Balaban J connectivity index is 1.87. The molecule has 2 amide bonds. The van der Waals surface area contributed by atoms with E-state index < -0.39 is 24.5 Å². The molecule has 0 aromatic heterocycles. The fourth-order valence-electron chi connectivity index (χ4n) is 1.75. The maximum atomic E-state index is 11.9. The van der Waals surface area contributed by atoms with Gasteiger partial charge in [0.2, 0.25) is 5.91 Å². The summed E-state index contributed by atoms with van der Waals surface area (Å²) in [4.78, 5) is 27.8. The molecule has 0 aliphatic carbocycles. The number of hydrogen-bond donors (Lipinski definition) is 3. The molecule has 3 N–H and O–H groups in total. The molecule has 7 heteroatoms. The Morgan fingerprint density at radius 3 is 2.77 bits per heavy atom. The monoisotopic (exact) mass is 319 g/mol. The van der Waals surface area contributed by atoms with Gasteiger partial charge in [-0.15, -0.1) is 0 Å². The standard InChI is InChI=1S/C15H17N3O3S/c19-10-12(14(21)18-15-16-8-9-22-15)17-13(20)7-6-11-4-2-1-3-5-11/h1-7,12,19H,8-10H2,(H,17,20)(H,16,18,21). The predicted octanol–water partition coefficient (Wildman–Crippen LogP) is 0.396. The molecule has 0 fully saturated rings. The summed E-state index contributed by atoms with van der Waals surface area (Å²) >= 11 is 1.43. The molecule has 0 bridgehead atoms. The second-order valence-corrected chi connectivity index (χ2v) is 5.60. The van der Waals surface area contributed by atoms with E-state index in [1.807, 2.05) is 30.3 Å². The Labute approximate surface area is 132 Å². The third-order valence-electron chi connectivity index (χ3n) is 2.86. The number of rotatable bonds is 5. The van der Waals surface area contributed by atoms with Crippen molar-refractivity contribution in [1.29, 1.82) is 0 Å². The Kier molecular flexibility index (Phi) is 6.17. The van der Waals surface area contributed by atoms with Gasteiger partial charge in [-0.2, -0.15) is 0 Å². The highest BCUT2D eigenvalue weighted by Gasteiger charge is 2.21. The van der Waals surface area contributed by atoms with Crippen LogP contribution in [0.4, 0.5) is 0 Å². The molecule has 0 radical (unpaired) electrons. The van der Waals surface area contributed by atoms with Gasteiger partial charge in [0.05, 0.1) is 13.2 Å². The summed E-state index contributed by atoms with van der Waals surface area (Å²) in [7, 11) is 0. The molecule has 1 unspecified atom stereocenters. The zero-order valence-electron chi connectivity index (χ0n) is 11.9. The van der Waals surface area contributed by atoms with Crippen LogP contribution >= 0.6 is 11.8 Å². The van der Waals surface area contributed by atoms with Crippen LogP contribution in [-0.4, -0.2) is 47.0 Å². The molecule has 116 valence electrons. The Morgan fingerprint density at radius 1 is 1.36 bits per heavy atom. The van der Waals surface area contributed by atoms with E-state index in [0.717, 1.165) is 11.3 Å². The lowest BCUT2D eigenvalue weighted by molar-refractivity contribution is -0.127. The number of amides is 2. The van der Waals surface area contributed by atoms with Gasteiger partial charge >= 0.3 is 0 Å². The quantitative estimate of drug-likeness (QED) is 0.685. The zero-order chi connectivity index (χ0) is 15.8. The molecule has 0 spiro atoms. The number of benzene rings is 1. The molecule has 0 saturated carbocycles. The summed E-state index contributed by atoms with van der Waals surface area (Å²) in [6.45, 7) is 0.185. The maximum Gasteiger partial charge on any atom is 0.250 e. The largest absolute Gasteiger partial charge is 0.394 e. The van der Waals surface area contributed by atoms with Crippen molar-refractivity contribution in [3.05, 3.63) is 42.0 Å². The lowest BCUT2D eigenvalue weighted by Gasteiger charge is -2.14. The normalized spacial score (nSPS) is 15.4. The first-order valence-electron chi connectivity index (χ1n) is 6.81. The third-order valence-corrected chi connectivity index (χ3v) is 3.75. The summed E-state index contributed by atoms with van der Waals surface area (Å²) in [6, 6.07) is 8.32. The second-order valence-electron chi connectivity index (χ2n) is 4.51. The van der Waals surface area contributed by atoms with Gasteiger partial charge in [0, 0.05) is 11.8 Å². The van der Waals surface area contributed by atoms with Crippen LogP contribution in [0.3, 0.4) is 0 Å². The minimum absolute atomic E-state index is 0.445. The zero-order valence-corrected chi connectivity index (χ0v) is 12.7. The first-order chi connectivity index (χ1) is 10.7. The number of nitrogens with one attached hydrogen (secondary N) is 2. The minimum atomic E-state index is -1.00. The van der Waals surface area contributed by atoms with Crippen molar-refractivity contribution in [1.82, 2.24) is 10.6 Å². The highest BCUT2D eigenvalue weighted by molar-refractivity contribution is 8.14. The van der Waals surface area contributed by atoms with E-state index in [2.05, 4.69) is 15.6 Å². The van der Waals surface area contributed by atoms with Crippen LogP contribution < -0.4 is 10.6 Å². The van der Waals surface area contributed by atoms with Crippen molar-refractivity contribution in [2.75, 3.05) is 18.9 Å². The first-order valence-corrected chi connectivity index (χ1v) is 7.80. The number of carbonyl (C=O) groups is 2. The molecule has 1 heterocycles. The maximum absolute atomic E-state index is 11.9. The number of aliphatic hydroxyl groups excluding tert-OH is 1. The fraction of sp³-hybridized carbons (Fsp3) is 0.267. The van der Waals surface area contributed by atoms with Gasteiger partial charge in [-0.05, 0) is 11.6 Å². The van der Waals surface area contributed by atoms with Gasteiger partial charge in [0.1, 0.15) is 6.04 Å².